The summed E-state index contributed by atoms with van der Waals surface area (Å²) in [6, 6.07) is 0.541. The van der Waals surface area contributed by atoms with Crippen molar-refractivity contribution in [2.75, 3.05) is 40.3 Å². The maximum atomic E-state index is 11.4. The van der Waals surface area contributed by atoms with Gasteiger partial charge in [-0.25, -0.2) is 0 Å². The average Bonchev–Trinajstić information content (AvgIpc) is 2.31. The second-order valence-corrected chi connectivity index (χ2v) is 4.75. The largest absolute Gasteiger partial charge is 0.349 e. The number of carbonyl (C=O) groups is 1. The molecule has 96 valence electrons. The molecule has 1 heterocycles. The fourth-order valence-corrected chi connectivity index (χ4v) is 2.03. The third-order valence-corrected chi connectivity index (χ3v) is 3.17. The van der Waals surface area contributed by atoms with Gasteiger partial charge in [-0.1, -0.05) is 5.92 Å². The van der Waals surface area contributed by atoms with Crippen molar-refractivity contribution in [1.82, 2.24) is 15.1 Å². The van der Waals surface area contributed by atoms with Gasteiger partial charge >= 0.3 is 0 Å². The van der Waals surface area contributed by atoms with E-state index < -0.39 is 0 Å². The molecule has 0 aliphatic carbocycles. The fraction of sp³-hybridized carbons (Fsp3) is 0.769. The third kappa shape index (κ3) is 5.20. The van der Waals surface area contributed by atoms with Gasteiger partial charge in [0, 0.05) is 46.2 Å². The molecule has 1 rings (SSSR count). The molecule has 0 unspecified atom stereocenters. The van der Waals surface area contributed by atoms with Crippen LogP contribution in [0.1, 0.15) is 19.3 Å². The average molecular weight is 237 g/mol. The van der Waals surface area contributed by atoms with Crippen LogP contribution in [0.5, 0.6) is 0 Å². The lowest BCUT2D eigenvalue weighted by Crippen LogP contribution is -2.43. The first kappa shape index (κ1) is 14.0. The normalized spacial score (nSPS) is 17.7. The molecule has 0 radical (unpaired) electrons. The van der Waals surface area contributed by atoms with Crippen LogP contribution in [-0.4, -0.2) is 62.0 Å². The van der Waals surface area contributed by atoms with Crippen molar-refractivity contribution in [2.45, 2.75) is 25.3 Å². The predicted molar refractivity (Wildman–Crippen MR) is 69.6 cm³/mol. The third-order valence-electron chi connectivity index (χ3n) is 3.17. The molecular formula is C13H23N3O. The molecule has 4 nitrogen and oxygen atoms in total. The Morgan fingerprint density at radius 2 is 2.12 bits per heavy atom. The van der Waals surface area contributed by atoms with E-state index in [0.29, 0.717) is 12.5 Å². The number of hydrogen-bond acceptors (Lipinski definition) is 3. The summed E-state index contributed by atoms with van der Waals surface area (Å²) in [4.78, 5) is 15.3. The predicted octanol–water partition coefficient (Wildman–Crippen LogP) is 0.152. The van der Waals surface area contributed by atoms with E-state index >= 15 is 0 Å². The van der Waals surface area contributed by atoms with Crippen LogP contribution in [0.3, 0.4) is 0 Å². The highest BCUT2D eigenvalue weighted by atomic mass is 16.2. The number of nitrogens with zero attached hydrogens (tertiary/aromatic N) is 2. The van der Waals surface area contributed by atoms with Crippen molar-refractivity contribution in [3.8, 4) is 12.3 Å². The lowest BCUT2D eigenvalue weighted by Gasteiger charge is -2.31. The fourth-order valence-electron chi connectivity index (χ4n) is 2.03. The Kier molecular flexibility index (Phi) is 6.03. The molecule has 0 atom stereocenters. The van der Waals surface area contributed by atoms with E-state index in [9.17, 15) is 4.79 Å². The van der Waals surface area contributed by atoms with Gasteiger partial charge in [0.1, 0.15) is 0 Å². The molecule has 1 saturated heterocycles. The summed E-state index contributed by atoms with van der Waals surface area (Å²) in [5, 5.41) is 3.44. The van der Waals surface area contributed by atoms with Gasteiger partial charge in [-0.05, 0) is 12.8 Å². The first-order chi connectivity index (χ1) is 8.13. The van der Waals surface area contributed by atoms with Crippen LogP contribution in [0.4, 0.5) is 0 Å². The smallest absolute Gasteiger partial charge is 0.223 e. The minimum absolute atomic E-state index is 0.183. The van der Waals surface area contributed by atoms with Crippen molar-refractivity contribution < 1.29 is 4.79 Å². The molecule has 4 heteroatoms. The van der Waals surface area contributed by atoms with Gasteiger partial charge in [0.05, 0.1) is 6.54 Å². The maximum Gasteiger partial charge on any atom is 0.223 e. The summed E-state index contributed by atoms with van der Waals surface area (Å²) < 4.78 is 0. The highest BCUT2D eigenvalue weighted by Crippen LogP contribution is 2.09. The van der Waals surface area contributed by atoms with Gasteiger partial charge in [0.25, 0.3) is 0 Å². The van der Waals surface area contributed by atoms with E-state index in [2.05, 4.69) is 16.1 Å². The number of nitrogens with one attached hydrogen (secondary N) is 1. The Morgan fingerprint density at radius 1 is 1.47 bits per heavy atom. The number of rotatable bonds is 5. The topological polar surface area (TPSA) is 35.6 Å². The van der Waals surface area contributed by atoms with E-state index in [1.807, 2.05) is 0 Å². The number of piperidine rings is 1. The molecule has 0 saturated carbocycles. The number of amides is 1. The van der Waals surface area contributed by atoms with E-state index in [1.54, 1.807) is 19.0 Å². The highest BCUT2D eigenvalue weighted by Gasteiger charge is 2.17. The molecule has 0 aromatic carbocycles. The van der Waals surface area contributed by atoms with E-state index in [0.717, 1.165) is 39.0 Å². The summed E-state index contributed by atoms with van der Waals surface area (Å²) in [7, 11) is 3.58. The van der Waals surface area contributed by atoms with Gasteiger partial charge in [-0.3, -0.25) is 9.69 Å². The van der Waals surface area contributed by atoms with Crippen molar-refractivity contribution in [3.63, 3.8) is 0 Å². The Labute approximate surface area is 104 Å². The van der Waals surface area contributed by atoms with E-state index in [4.69, 9.17) is 6.42 Å². The van der Waals surface area contributed by atoms with E-state index in [-0.39, 0.29) is 5.91 Å². The lowest BCUT2D eigenvalue weighted by atomic mass is 10.1. The standard InChI is InChI=1S/C13H23N3O/c1-4-9-16-10-6-12(7-11-16)14-8-5-13(17)15(2)3/h1,12,14H,5-11H2,2-3H3. The molecule has 1 amide bonds. The van der Waals surface area contributed by atoms with Crippen molar-refractivity contribution in [3.05, 3.63) is 0 Å². The van der Waals surface area contributed by atoms with Gasteiger partial charge in [0.15, 0.2) is 0 Å². The Hall–Kier alpha value is -1.05. The summed E-state index contributed by atoms with van der Waals surface area (Å²) in [6.45, 7) is 3.65. The first-order valence-corrected chi connectivity index (χ1v) is 6.23. The molecule has 17 heavy (non-hydrogen) atoms. The molecule has 1 aliphatic heterocycles. The zero-order valence-electron chi connectivity index (χ0n) is 10.9. The molecule has 1 N–H and O–H groups in total. The number of likely N-dealkylation sites (tertiary alicyclic amines) is 1. The van der Waals surface area contributed by atoms with Crippen molar-refractivity contribution in [2.24, 2.45) is 0 Å². The molecule has 1 fully saturated rings. The molecule has 1 aliphatic rings. The minimum atomic E-state index is 0.183. The van der Waals surface area contributed by atoms with Gasteiger partial charge < -0.3 is 10.2 Å². The van der Waals surface area contributed by atoms with Crippen molar-refractivity contribution >= 4 is 5.91 Å². The zero-order valence-corrected chi connectivity index (χ0v) is 10.9. The van der Waals surface area contributed by atoms with Crippen LogP contribution < -0.4 is 5.32 Å². The minimum Gasteiger partial charge on any atom is -0.349 e. The van der Waals surface area contributed by atoms with Crippen LogP contribution in [0, 0.1) is 12.3 Å². The molecular weight excluding hydrogens is 214 g/mol. The van der Waals surface area contributed by atoms with Crippen LogP contribution in [0.25, 0.3) is 0 Å². The number of terminal acetylenes is 1. The summed E-state index contributed by atoms with van der Waals surface area (Å²) in [6.07, 6.45) is 8.11. The molecule has 0 aromatic heterocycles. The first-order valence-electron chi connectivity index (χ1n) is 6.23. The van der Waals surface area contributed by atoms with Crippen LogP contribution in [0.2, 0.25) is 0 Å². The summed E-state index contributed by atoms with van der Waals surface area (Å²) in [5.74, 6) is 2.86. The van der Waals surface area contributed by atoms with Crippen LogP contribution in [-0.2, 0) is 4.79 Å². The summed E-state index contributed by atoms with van der Waals surface area (Å²) in [5.41, 5.74) is 0. The lowest BCUT2D eigenvalue weighted by molar-refractivity contribution is -0.128. The Morgan fingerprint density at radius 3 is 2.65 bits per heavy atom. The number of hydrogen-bond donors (Lipinski definition) is 1. The summed E-state index contributed by atoms with van der Waals surface area (Å²) >= 11 is 0. The van der Waals surface area contributed by atoms with Gasteiger partial charge in [0.2, 0.25) is 5.91 Å². The maximum absolute atomic E-state index is 11.4. The molecule has 0 aromatic rings. The van der Waals surface area contributed by atoms with Crippen LogP contribution in [0.15, 0.2) is 0 Å². The van der Waals surface area contributed by atoms with E-state index in [1.165, 1.54) is 0 Å². The van der Waals surface area contributed by atoms with Crippen molar-refractivity contribution in [1.29, 1.82) is 0 Å². The monoisotopic (exact) mass is 237 g/mol. The zero-order chi connectivity index (χ0) is 12.7. The van der Waals surface area contributed by atoms with Gasteiger partial charge in [-0.15, -0.1) is 6.42 Å². The second kappa shape index (κ2) is 7.31. The number of carbonyl (C=O) groups excluding carboxylic acids is 1. The molecule has 0 spiro atoms. The quantitative estimate of drug-likeness (QED) is 0.692. The van der Waals surface area contributed by atoms with Crippen LogP contribution >= 0.6 is 0 Å². The highest BCUT2D eigenvalue weighted by molar-refractivity contribution is 5.75. The SMILES string of the molecule is C#CCN1CCC(NCCC(=O)N(C)C)CC1. The van der Waals surface area contributed by atoms with Gasteiger partial charge in [-0.2, -0.15) is 0 Å². The second-order valence-electron chi connectivity index (χ2n) is 4.75. The Balaban J connectivity index is 2.11. The molecule has 0 bridgehead atoms. The Bertz CT molecular complexity index is 275.